The van der Waals surface area contributed by atoms with Gasteiger partial charge in [-0.1, -0.05) is 72.3 Å². The molecule has 6 N–H and O–H groups in total. The van der Waals surface area contributed by atoms with Gasteiger partial charge in [0.05, 0.1) is 6.42 Å². The first-order chi connectivity index (χ1) is 20.3. The monoisotopic (exact) mass is 587 g/mol. The average Bonchev–Trinajstić information content (AvgIpc) is 3.39. The van der Waals surface area contributed by atoms with E-state index in [1.165, 1.54) is 0 Å². The van der Waals surface area contributed by atoms with Crippen LogP contribution in [0.15, 0.2) is 85.1 Å². The van der Waals surface area contributed by atoms with Crippen LogP contribution in [0.3, 0.4) is 0 Å². The topological polar surface area (TPSA) is 146 Å². The number of fused-ring (bicyclic) bond motifs is 1. The van der Waals surface area contributed by atoms with Gasteiger partial charge in [-0.15, -0.1) is 0 Å². The minimum absolute atomic E-state index is 0.0102. The standard InChI is InChI=1S/C32H34ClN5O4/c33-24-12-10-22(11-13-24)18-30(40)37-27(14-15-29(34)39)32(42)38-28(19-23-20-36-26-9-5-4-8-25(23)26)31(41)35-17-16-21-6-2-1-3-7-21/h1-13,20,27-28,36H,14-19H2,(H2,34,39)(H,35,41)(H,37,40)(H,38,42)/t27-,28-/m0/s1. The van der Waals surface area contributed by atoms with Crippen LogP contribution >= 0.6 is 11.6 Å². The SMILES string of the molecule is NC(=O)CC[C@H](NC(=O)Cc1ccc(Cl)cc1)C(=O)N[C@@H](Cc1c[nH]c2ccccc12)C(=O)NCCc1ccccc1. The number of halogens is 1. The van der Waals surface area contributed by atoms with Crippen molar-refractivity contribution in [3.8, 4) is 0 Å². The number of carbonyl (C=O) groups excluding carboxylic acids is 4. The highest BCUT2D eigenvalue weighted by atomic mass is 35.5. The van der Waals surface area contributed by atoms with Crippen LogP contribution in [0.25, 0.3) is 10.9 Å². The summed E-state index contributed by atoms with van der Waals surface area (Å²) in [6, 6.07) is 22.2. The fraction of sp³-hybridized carbons (Fsp3) is 0.250. The molecule has 2 atom stereocenters. The van der Waals surface area contributed by atoms with Crippen molar-refractivity contribution >= 4 is 46.1 Å². The lowest BCUT2D eigenvalue weighted by Crippen LogP contribution is -2.55. The van der Waals surface area contributed by atoms with Crippen molar-refractivity contribution in [2.24, 2.45) is 5.73 Å². The van der Waals surface area contributed by atoms with E-state index in [0.717, 1.165) is 22.0 Å². The molecule has 4 rings (SSSR count). The van der Waals surface area contributed by atoms with Gasteiger partial charge in [0.15, 0.2) is 0 Å². The smallest absolute Gasteiger partial charge is 0.243 e. The van der Waals surface area contributed by atoms with E-state index in [2.05, 4.69) is 20.9 Å². The second-order valence-corrected chi connectivity index (χ2v) is 10.5. The maximum atomic E-state index is 13.5. The van der Waals surface area contributed by atoms with Crippen molar-refractivity contribution in [3.63, 3.8) is 0 Å². The summed E-state index contributed by atoms with van der Waals surface area (Å²) < 4.78 is 0. The first-order valence-electron chi connectivity index (χ1n) is 13.8. The van der Waals surface area contributed by atoms with Crippen LogP contribution in [-0.2, 0) is 38.4 Å². The molecule has 0 radical (unpaired) electrons. The molecule has 0 spiro atoms. The molecule has 1 heterocycles. The lowest BCUT2D eigenvalue weighted by molar-refractivity contribution is -0.132. The number of aromatic nitrogens is 1. The number of aromatic amines is 1. The van der Waals surface area contributed by atoms with Gasteiger partial charge in [-0.05, 0) is 47.7 Å². The maximum Gasteiger partial charge on any atom is 0.243 e. The molecular formula is C32H34ClN5O4. The molecule has 42 heavy (non-hydrogen) atoms. The minimum Gasteiger partial charge on any atom is -0.370 e. The molecule has 0 saturated carbocycles. The van der Waals surface area contributed by atoms with Gasteiger partial charge < -0.3 is 26.7 Å². The van der Waals surface area contributed by atoms with Crippen LogP contribution in [0, 0.1) is 0 Å². The molecule has 218 valence electrons. The lowest BCUT2D eigenvalue weighted by Gasteiger charge is -2.23. The van der Waals surface area contributed by atoms with Crippen LogP contribution in [0.1, 0.15) is 29.5 Å². The van der Waals surface area contributed by atoms with E-state index >= 15 is 0 Å². The van der Waals surface area contributed by atoms with Crippen molar-refractivity contribution in [3.05, 3.63) is 107 Å². The Hall–Kier alpha value is -4.63. The van der Waals surface area contributed by atoms with E-state index in [1.807, 2.05) is 60.8 Å². The normalized spacial score (nSPS) is 12.3. The average molecular weight is 588 g/mol. The van der Waals surface area contributed by atoms with E-state index in [-0.39, 0.29) is 31.6 Å². The van der Waals surface area contributed by atoms with Crippen LogP contribution in [-0.4, -0.2) is 47.2 Å². The fourth-order valence-corrected chi connectivity index (χ4v) is 4.81. The Morgan fingerprint density at radius 1 is 0.810 bits per heavy atom. The van der Waals surface area contributed by atoms with E-state index in [0.29, 0.717) is 23.6 Å². The highest BCUT2D eigenvalue weighted by molar-refractivity contribution is 6.30. The van der Waals surface area contributed by atoms with Crippen LogP contribution in [0.4, 0.5) is 0 Å². The Morgan fingerprint density at radius 3 is 2.26 bits per heavy atom. The summed E-state index contributed by atoms with van der Waals surface area (Å²) in [6.45, 7) is 0.381. The van der Waals surface area contributed by atoms with Crippen LogP contribution in [0.5, 0.6) is 0 Å². The van der Waals surface area contributed by atoms with Gasteiger partial charge in [0.1, 0.15) is 12.1 Å². The number of H-pyrrole nitrogens is 1. The van der Waals surface area contributed by atoms with Crippen molar-refractivity contribution in [2.45, 2.75) is 44.2 Å². The number of hydrogen-bond acceptors (Lipinski definition) is 4. The molecule has 1 aromatic heterocycles. The number of amides is 4. The van der Waals surface area contributed by atoms with Gasteiger partial charge >= 0.3 is 0 Å². The van der Waals surface area contributed by atoms with Crippen LogP contribution in [0.2, 0.25) is 5.02 Å². The predicted octanol–water partition coefficient (Wildman–Crippen LogP) is 3.20. The number of benzene rings is 3. The van der Waals surface area contributed by atoms with Gasteiger partial charge in [0, 0.05) is 41.5 Å². The minimum atomic E-state index is -1.07. The Balaban J connectivity index is 1.48. The van der Waals surface area contributed by atoms with Gasteiger partial charge in [0.2, 0.25) is 23.6 Å². The highest BCUT2D eigenvalue weighted by Gasteiger charge is 2.28. The zero-order chi connectivity index (χ0) is 29.9. The Labute approximate surface area is 249 Å². The van der Waals surface area contributed by atoms with Crippen LogP contribution < -0.4 is 21.7 Å². The molecule has 0 fully saturated rings. The Kier molecular flexibility index (Phi) is 10.7. The molecule has 10 heteroatoms. The molecule has 4 aromatic rings. The summed E-state index contributed by atoms with van der Waals surface area (Å²) >= 11 is 5.93. The summed E-state index contributed by atoms with van der Waals surface area (Å²) in [5.74, 6) is -1.95. The zero-order valence-corrected chi connectivity index (χ0v) is 23.8. The number of para-hydroxylation sites is 1. The van der Waals surface area contributed by atoms with Crippen molar-refractivity contribution in [1.82, 2.24) is 20.9 Å². The maximum absolute atomic E-state index is 13.5. The summed E-state index contributed by atoms with van der Waals surface area (Å²) in [4.78, 5) is 54.5. The van der Waals surface area contributed by atoms with Crippen molar-refractivity contribution in [2.75, 3.05) is 6.54 Å². The van der Waals surface area contributed by atoms with E-state index in [1.54, 1.807) is 24.3 Å². The van der Waals surface area contributed by atoms with E-state index < -0.39 is 29.8 Å². The molecule has 0 saturated heterocycles. The quantitative estimate of drug-likeness (QED) is 0.154. The third-order valence-electron chi connectivity index (χ3n) is 6.90. The molecule has 0 unspecified atom stereocenters. The molecule has 3 aromatic carbocycles. The summed E-state index contributed by atoms with van der Waals surface area (Å²) in [5, 5.41) is 9.93. The lowest BCUT2D eigenvalue weighted by atomic mass is 10.0. The first-order valence-corrected chi connectivity index (χ1v) is 14.2. The summed E-state index contributed by atoms with van der Waals surface area (Å²) in [5.41, 5.74) is 8.89. The molecule has 0 aliphatic carbocycles. The van der Waals surface area contributed by atoms with Gasteiger partial charge in [-0.2, -0.15) is 0 Å². The summed E-state index contributed by atoms with van der Waals surface area (Å²) in [7, 11) is 0. The number of carbonyl (C=O) groups is 4. The number of rotatable bonds is 14. The largest absolute Gasteiger partial charge is 0.370 e. The molecular weight excluding hydrogens is 554 g/mol. The number of nitrogens with two attached hydrogens (primary N) is 1. The molecule has 4 amide bonds. The van der Waals surface area contributed by atoms with E-state index in [4.69, 9.17) is 17.3 Å². The first kappa shape index (κ1) is 30.3. The summed E-state index contributed by atoms with van der Waals surface area (Å²) in [6.07, 6.45) is 2.55. The second kappa shape index (κ2) is 14.8. The number of nitrogens with one attached hydrogen (secondary N) is 4. The van der Waals surface area contributed by atoms with Gasteiger partial charge in [0.25, 0.3) is 0 Å². The van der Waals surface area contributed by atoms with Crippen molar-refractivity contribution in [1.29, 1.82) is 0 Å². The van der Waals surface area contributed by atoms with Gasteiger partial charge in [-0.25, -0.2) is 0 Å². The molecule has 0 aliphatic rings. The fourth-order valence-electron chi connectivity index (χ4n) is 4.69. The third-order valence-corrected chi connectivity index (χ3v) is 7.15. The molecule has 9 nitrogen and oxygen atoms in total. The predicted molar refractivity (Wildman–Crippen MR) is 163 cm³/mol. The Morgan fingerprint density at radius 2 is 1.52 bits per heavy atom. The Bertz CT molecular complexity index is 1520. The molecule has 0 aliphatic heterocycles. The van der Waals surface area contributed by atoms with Crippen molar-refractivity contribution < 1.29 is 19.2 Å². The number of hydrogen-bond donors (Lipinski definition) is 5. The van der Waals surface area contributed by atoms with E-state index in [9.17, 15) is 19.2 Å². The molecule has 0 bridgehead atoms. The van der Waals surface area contributed by atoms with Gasteiger partial charge in [-0.3, -0.25) is 19.2 Å². The zero-order valence-electron chi connectivity index (χ0n) is 23.1. The third kappa shape index (κ3) is 8.94. The second-order valence-electron chi connectivity index (χ2n) is 10.1. The highest BCUT2D eigenvalue weighted by Crippen LogP contribution is 2.19. The number of primary amides is 1.